The first-order valence-electron chi connectivity index (χ1n) is 7.39. The van der Waals surface area contributed by atoms with Crippen molar-refractivity contribution in [3.8, 4) is 0 Å². The van der Waals surface area contributed by atoms with Gasteiger partial charge in [-0.1, -0.05) is 24.3 Å². The number of aliphatic hydroxyl groups is 1. The summed E-state index contributed by atoms with van der Waals surface area (Å²) in [5, 5.41) is 20.3. The average molecular weight is 308 g/mol. The van der Waals surface area contributed by atoms with Crippen LogP contribution in [-0.4, -0.2) is 41.0 Å². The Morgan fingerprint density at radius 1 is 1.27 bits per heavy atom. The average Bonchev–Trinajstić information content (AvgIpc) is 2.37. The van der Waals surface area contributed by atoms with Crippen LogP contribution in [0.25, 0.3) is 0 Å². The smallest absolute Gasteiger partial charge is 0.466 e. The molecule has 0 saturated heterocycles. The lowest BCUT2D eigenvalue weighted by Crippen LogP contribution is -2.53. The van der Waals surface area contributed by atoms with E-state index in [0.717, 1.165) is 5.56 Å². The summed E-state index contributed by atoms with van der Waals surface area (Å²) in [6, 6.07) is 6.93. The lowest BCUT2D eigenvalue weighted by Gasteiger charge is -2.38. The predicted molar refractivity (Wildman–Crippen MR) is 85.8 cm³/mol. The topological polar surface area (TPSA) is 76.0 Å². The minimum atomic E-state index is -1.19. The van der Waals surface area contributed by atoms with E-state index < -0.39 is 18.3 Å². The number of ether oxygens (including phenoxy) is 1. The van der Waals surface area contributed by atoms with Crippen molar-refractivity contribution < 1.29 is 24.3 Å². The highest BCUT2D eigenvalue weighted by Crippen LogP contribution is 2.25. The molecule has 1 aromatic rings. The Labute approximate surface area is 132 Å². The molecule has 0 fully saturated rings. The Kier molecular flexibility index (Phi) is 6.17. The third kappa shape index (κ3) is 5.12. The van der Waals surface area contributed by atoms with Crippen LogP contribution in [0.4, 0.5) is 0 Å². The van der Waals surface area contributed by atoms with E-state index >= 15 is 0 Å². The largest absolute Gasteiger partial charge is 0.491 e. The first kappa shape index (κ1) is 18.7. The van der Waals surface area contributed by atoms with Crippen LogP contribution < -0.4 is 5.46 Å². The van der Waals surface area contributed by atoms with Crippen LogP contribution in [0.3, 0.4) is 0 Å². The van der Waals surface area contributed by atoms with Crippen LogP contribution >= 0.6 is 0 Å². The Bertz CT molecular complexity index is 508. The molecule has 0 aliphatic carbocycles. The fourth-order valence-corrected chi connectivity index (χ4v) is 1.73. The second-order valence-electron chi connectivity index (χ2n) is 6.27. The Balaban J connectivity index is 2.82. The standard InChI is InChI=1S/C16H25BO5/c1-6-21-14(18)11-12-8-7-9-13(10-12)17(20)22-16(4,5)15(2,3)19/h7-10,19-20H,6,11H2,1-5H3. The van der Waals surface area contributed by atoms with Crippen LogP contribution in [0.2, 0.25) is 0 Å². The third-order valence-electron chi connectivity index (χ3n) is 3.77. The summed E-state index contributed by atoms with van der Waals surface area (Å²) < 4.78 is 10.5. The second-order valence-corrected chi connectivity index (χ2v) is 6.27. The molecule has 0 aromatic heterocycles. The highest BCUT2D eigenvalue weighted by molar-refractivity contribution is 6.60. The number of carbonyl (C=O) groups is 1. The summed E-state index contributed by atoms with van der Waals surface area (Å²) in [5.41, 5.74) is -0.793. The minimum absolute atomic E-state index is 0.142. The van der Waals surface area contributed by atoms with Gasteiger partial charge in [0.25, 0.3) is 0 Å². The molecule has 1 rings (SSSR count). The normalized spacial score (nSPS) is 12.1. The molecule has 0 heterocycles. The zero-order valence-electron chi connectivity index (χ0n) is 13.9. The Morgan fingerprint density at radius 2 is 1.91 bits per heavy atom. The number of esters is 1. The van der Waals surface area contributed by atoms with Gasteiger partial charge in [0.1, 0.15) is 0 Å². The van der Waals surface area contributed by atoms with Gasteiger partial charge in [-0.2, -0.15) is 0 Å². The SMILES string of the molecule is CCOC(=O)Cc1cccc(B(O)OC(C)(C)C(C)(C)O)c1. The fourth-order valence-electron chi connectivity index (χ4n) is 1.73. The fraction of sp³-hybridized carbons (Fsp3) is 0.562. The number of benzene rings is 1. The quantitative estimate of drug-likeness (QED) is 0.581. The molecule has 0 unspecified atom stereocenters. The monoisotopic (exact) mass is 308 g/mol. The van der Waals surface area contributed by atoms with Crippen LogP contribution in [-0.2, 0) is 20.6 Å². The first-order chi connectivity index (χ1) is 10.1. The number of rotatable bonds is 7. The van der Waals surface area contributed by atoms with Gasteiger partial charge in [-0.3, -0.25) is 4.79 Å². The highest BCUT2D eigenvalue weighted by atomic mass is 16.5. The van der Waals surface area contributed by atoms with Gasteiger partial charge >= 0.3 is 13.1 Å². The molecule has 6 heteroatoms. The van der Waals surface area contributed by atoms with E-state index in [9.17, 15) is 14.9 Å². The van der Waals surface area contributed by atoms with E-state index in [-0.39, 0.29) is 12.4 Å². The molecule has 0 saturated carbocycles. The van der Waals surface area contributed by atoms with Crippen molar-refractivity contribution >= 4 is 18.6 Å². The minimum Gasteiger partial charge on any atom is -0.466 e. The lowest BCUT2D eigenvalue weighted by molar-refractivity contribution is -0.142. The molecule has 122 valence electrons. The zero-order chi connectivity index (χ0) is 17.0. The van der Waals surface area contributed by atoms with E-state index in [0.29, 0.717) is 12.1 Å². The van der Waals surface area contributed by atoms with Crippen LogP contribution in [0.5, 0.6) is 0 Å². The first-order valence-corrected chi connectivity index (χ1v) is 7.39. The van der Waals surface area contributed by atoms with Crippen LogP contribution in [0.15, 0.2) is 24.3 Å². The molecule has 0 amide bonds. The molecule has 0 atom stereocenters. The molecule has 5 nitrogen and oxygen atoms in total. The summed E-state index contributed by atoms with van der Waals surface area (Å²) in [7, 11) is -1.19. The Morgan fingerprint density at radius 3 is 2.45 bits per heavy atom. The summed E-state index contributed by atoms with van der Waals surface area (Å²) in [4.78, 5) is 11.5. The molecule has 0 bridgehead atoms. The van der Waals surface area contributed by atoms with E-state index in [1.165, 1.54) is 0 Å². The van der Waals surface area contributed by atoms with Gasteiger partial charge in [0.15, 0.2) is 0 Å². The molecule has 2 N–H and O–H groups in total. The maximum absolute atomic E-state index is 11.5. The molecule has 0 aliphatic heterocycles. The van der Waals surface area contributed by atoms with Gasteiger partial charge in [-0.15, -0.1) is 0 Å². The van der Waals surface area contributed by atoms with E-state index in [4.69, 9.17) is 9.39 Å². The van der Waals surface area contributed by atoms with Crippen molar-refractivity contribution in [2.24, 2.45) is 0 Å². The maximum atomic E-state index is 11.5. The van der Waals surface area contributed by atoms with Gasteiger partial charge < -0.3 is 19.5 Å². The molecule has 1 aromatic carbocycles. The van der Waals surface area contributed by atoms with Crippen molar-refractivity contribution in [1.29, 1.82) is 0 Å². The van der Waals surface area contributed by atoms with Crippen LogP contribution in [0, 0.1) is 0 Å². The molecule has 0 spiro atoms. The Hall–Kier alpha value is -1.37. The number of hydrogen-bond acceptors (Lipinski definition) is 5. The van der Waals surface area contributed by atoms with Gasteiger partial charge in [-0.05, 0) is 45.6 Å². The molecule has 0 radical (unpaired) electrons. The molecular weight excluding hydrogens is 283 g/mol. The molecule has 22 heavy (non-hydrogen) atoms. The van der Waals surface area contributed by atoms with Crippen molar-refractivity contribution in [3.05, 3.63) is 29.8 Å². The van der Waals surface area contributed by atoms with Crippen molar-refractivity contribution in [1.82, 2.24) is 0 Å². The zero-order valence-corrected chi connectivity index (χ0v) is 13.9. The number of hydrogen-bond donors (Lipinski definition) is 2. The summed E-state index contributed by atoms with van der Waals surface area (Å²) in [6.07, 6.45) is 0.142. The lowest BCUT2D eigenvalue weighted by atomic mass is 9.76. The molecule has 0 aliphatic rings. The third-order valence-corrected chi connectivity index (χ3v) is 3.77. The number of carbonyl (C=O) groups excluding carboxylic acids is 1. The van der Waals surface area contributed by atoms with Crippen molar-refractivity contribution in [2.45, 2.75) is 52.2 Å². The summed E-state index contributed by atoms with van der Waals surface area (Å²) >= 11 is 0. The van der Waals surface area contributed by atoms with E-state index in [1.54, 1.807) is 58.9 Å². The van der Waals surface area contributed by atoms with Gasteiger partial charge in [0, 0.05) is 0 Å². The summed E-state index contributed by atoms with van der Waals surface area (Å²) in [5.74, 6) is -0.313. The highest BCUT2D eigenvalue weighted by Gasteiger charge is 2.39. The maximum Gasteiger partial charge on any atom is 0.491 e. The van der Waals surface area contributed by atoms with Gasteiger partial charge in [-0.25, -0.2) is 0 Å². The molecular formula is C16H25BO5. The van der Waals surface area contributed by atoms with Crippen LogP contribution in [0.1, 0.15) is 40.2 Å². The second kappa shape index (κ2) is 7.27. The summed E-state index contributed by atoms with van der Waals surface area (Å²) in [6.45, 7) is 8.75. The van der Waals surface area contributed by atoms with E-state index in [1.807, 2.05) is 0 Å². The van der Waals surface area contributed by atoms with Gasteiger partial charge in [0.2, 0.25) is 0 Å². The van der Waals surface area contributed by atoms with Crippen molar-refractivity contribution in [3.63, 3.8) is 0 Å². The van der Waals surface area contributed by atoms with Gasteiger partial charge in [0.05, 0.1) is 24.2 Å². The van der Waals surface area contributed by atoms with Crippen molar-refractivity contribution in [2.75, 3.05) is 6.61 Å². The van der Waals surface area contributed by atoms with E-state index in [2.05, 4.69) is 0 Å². The predicted octanol–water partition coefficient (Wildman–Crippen LogP) is 1.05.